The first-order valence-electron chi connectivity index (χ1n) is 9.15. The van der Waals surface area contributed by atoms with E-state index in [9.17, 15) is 0 Å². The summed E-state index contributed by atoms with van der Waals surface area (Å²) in [7, 11) is 0. The van der Waals surface area contributed by atoms with Gasteiger partial charge in [-0.05, 0) is 18.2 Å². The number of ether oxygens (including phenoxy) is 1. The highest BCUT2D eigenvalue weighted by Crippen LogP contribution is 2.23. The molecular formula is C19H22N6O. The number of anilines is 1. The number of hydrogen-bond donors (Lipinski definition) is 0. The van der Waals surface area contributed by atoms with Crippen LogP contribution in [-0.4, -0.2) is 57.4 Å². The zero-order valence-corrected chi connectivity index (χ0v) is 14.7. The van der Waals surface area contributed by atoms with Gasteiger partial charge in [0.25, 0.3) is 0 Å². The fourth-order valence-electron chi connectivity index (χ4n) is 3.84. The Hall–Kier alpha value is -2.51. The van der Waals surface area contributed by atoms with E-state index < -0.39 is 0 Å². The molecule has 5 rings (SSSR count). The summed E-state index contributed by atoms with van der Waals surface area (Å²) in [5, 5.41) is 5.60. The Morgan fingerprint density at radius 1 is 1.04 bits per heavy atom. The number of rotatable bonds is 3. The zero-order valence-electron chi connectivity index (χ0n) is 14.7. The molecule has 7 nitrogen and oxygen atoms in total. The molecule has 134 valence electrons. The van der Waals surface area contributed by atoms with Gasteiger partial charge in [-0.1, -0.05) is 0 Å². The maximum atomic E-state index is 5.60. The van der Waals surface area contributed by atoms with Gasteiger partial charge in [-0.15, -0.1) is 0 Å². The van der Waals surface area contributed by atoms with Crippen LogP contribution in [0.5, 0.6) is 0 Å². The van der Waals surface area contributed by atoms with Crippen molar-refractivity contribution in [1.82, 2.24) is 24.6 Å². The van der Waals surface area contributed by atoms with Crippen LogP contribution in [0.2, 0.25) is 0 Å². The lowest BCUT2D eigenvalue weighted by molar-refractivity contribution is 0.0786. The van der Waals surface area contributed by atoms with Crippen LogP contribution in [0.1, 0.15) is 11.3 Å². The molecule has 0 aliphatic carbocycles. The molecule has 0 unspecified atom stereocenters. The van der Waals surface area contributed by atoms with Crippen LogP contribution in [0.4, 0.5) is 5.69 Å². The van der Waals surface area contributed by atoms with Gasteiger partial charge in [0.2, 0.25) is 0 Å². The van der Waals surface area contributed by atoms with Gasteiger partial charge in [-0.2, -0.15) is 5.10 Å². The van der Waals surface area contributed by atoms with E-state index in [1.807, 2.05) is 12.4 Å². The average molecular weight is 350 g/mol. The van der Waals surface area contributed by atoms with Gasteiger partial charge in [0.05, 0.1) is 37.2 Å². The summed E-state index contributed by atoms with van der Waals surface area (Å²) in [5.74, 6) is 0. The van der Waals surface area contributed by atoms with E-state index in [0.29, 0.717) is 6.61 Å². The topological polar surface area (TPSA) is 59.3 Å². The first-order chi connectivity index (χ1) is 12.9. The molecule has 4 heterocycles. The molecule has 1 saturated heterocycles. The van der Waals surface area contributed by atoms with E-state index in [1.165, 1.54) is 16.9 Å². The summed E-state index contributed by atoms with van der Waals surface area (Å²) in [6, 6.07) is 6.44. The van der Waals surface area contributed by atoms with Crippen molar-refractivity contribution < 1.29 is 4.74 Å². The molecule has 1 fully saturated rings. The normalized spacial score (nSPS) is 18.2. The van der Waals surface area contributed by atoms with E-state index >= 15 is 0 Å². The SMILES string of the molecule is c1ncc2cc(N3CCN(Cc4cnn5c4COCC5)CC3)ccc2n1. The fraction of sp³-hybridized carbons (Fsp3) is 0.421. The van der Waals surface area contributed by atoms with Gasteiger partial charge in [0, 0.05) is 55.6 Å². The number of benzene rings is 1. The largest absolute Gasteiger partial charge is 0.373 e. The number of hydrogen-bond acceptors (Lipinski definition) is 6. The molecule has 3 aromatic rings. The van der Waals surface area contributed by atoms with Crippen molar-refractivity contribution in [2.24, 2.45) is 0 Å². The second kappa shape index (κ2) is 6.66. The predicted octanol–water partition coefficient (Wildman–Crippen LogP) is 1.68. The van der Waals surface area contributed by atoms with Crippen LogP contribution >= 0.6 is 0 Å². The minimum Gasteiger partial charge on any atom is -0.373 e. The molecule has 2 aliphatic heterocycles. The molecule has 0 bridgehead atoms. The van der Waals surface area contributed by atoms with Gasteiger partial charge in [0.1, 0.15) is 6.33 Å². The van der Waals surface area contributed by atoms with Crippen molar-refractivity contribution in [3.8, 4) is 0 Å². The first-order valence-corrected chi connectivity index (χ1v) is 9.15. The third-order valence-corrected chi connectivity index (χ3v) is 5.34. The Morgan fingerprint density at radius 3 is 2.88 bits per heavy atom. The summed E-state index contributed by atoms with van der Waals surface area (Å²) < 4.78 is 7.69. The highest BCUT2D eigenvalue weighted by molar-refractivity contribution is 5.81. The molecule has 1 aromatic carbocycles. The third-order valence-electron chi connectivity index (χ3n) is 5.34. The van der Waals surface area contributed by atoms with Crippen LogP contribution in [0.15, 0.2) is 36.9 Å². The van der Waals surface area contributed by atoms with Crippen LogP contribution in [0.25, 0.3) is 10.9 Å². The second-order valence-corrected chi connectivity index (χ2v) is 6.92. The summed E-state index contributed by atoms with van der Waals surface area (Å²) in [6.45, 7) is 7.44. The Morgan fingerprint density at radius 2 is 1.96 bits per heavy atom. The van der Waals surface area contributed by atoms with E-state index in [4.69, 9.17) is 4.74 Å². The van der Waals surface area contributed by atoms with Crippen molar-refractivity contribution in [1.29, 1.82) is 0 Å². The minimum atomic E-state index is 0.689. The molecule has 0 spiro atoms. The van der Waals surface area contributed by atoms with E-state index in [0.717, 1.165) is 56.8 Å². The van der Waals surface area contributed by atoms with Crippen molar-refractivity contribution in [3.05, 3.63) is 48.2 Å². The lowest BCUT2D eigenvalue weighted by atomic mass is 10.1. The second-order valence-electron chi connectivity index (χ2n) is 6.92. The monoisotopic (exact) mass is 350 g/mol. The number of piperazine rings is 1. The third kappa shape index (κ3) is 2.93. The van der Waals surface area contributed by atoms with E-state index in [-0.39, 0.29) is 0 Å². The van der Waals surface area contributed by atoms with Crippen LogP contribution in [0.3, 0.4) is 0 Å². The zero-order chi connectivity index (χ0) is 17.3. The summed E-state index contributed by atoms with van der Waals surface area (Å²) in [4.78, 5) is 13.4. The first kappa shape index (κ1) is 15.7. The summed E-state index contributed by atoms with van der Waals surface area (Å²) >= 11 is 0. The summed E-state index contributed by atoms with van der Waals surface area (Å²) in [6.07, 6.45) is 5.49. The van der Waals surface area contributed by atoms with Crippen LogP contribution in [0, 0.1) is 0 Å². The molecule has 0 N–H and O–H groups in total. The Balaban J connectivity index is 1.25. The quantitative estimate of drug-likeness (QED) is 0.716. The fourth-order valence-corrected chi connectivity index (χ4v) is 3.84. The van der Waals surface area contributed by atoms with Crippen molar-refractivity contribution in [2.75, 3.05) is 37.7 Å². The highest BCUT2D eigenvalue weighted by atomic mass is 16.5. The van der Waals surface area contributed by atoms with Crippen LogP contribution < -0.4 is 4.90 Å². The van der Waals surface area contributed by atoms with E-state index in [2.05, 4.69) is 47.7 Å². The highest BCUT2D eigenvalue weighted by Gasteiger charge is 2.21. The lowest BCUT2D eigenvalue weighted by Gasteiger charge is -2.36. The standard InChI is InChI=1S/C19H22N6O/c1-2-18-15(10-20-14-21-18)9-17(1)24-5-3-23(4-6-24)12-16-11-22-25-7-8-26-13-19(16)25/h1-2,9-11,14H,3-8,12-13H2. The Bertz CT molecular complexity index is 915. The number of fused-ring (bicyclic) bond motifs is 2. The number of nitrogens with zero attached hydrogens (tertiary/aromatic N) is 6. The van der Waals surface area contributed by atoms with Gasteiger partial charge < -0.3 is 9.64 Å². The molecule has 7 heteroatoms. The van der Waals surface area contributed by atoms with Gasteiger partial charge in [-0.25, -0.2) is 9.97 Å². The van der Waals surface area contributed by atoms with Crippen molar-refractivity contribution >= 4 is 16.6 Å². The maximum absolute atomic E-state index is 5.60. The molecule has 2 aliphatic rings. The Kier molecular flexibility index (Phi) is 4.03. The predicted molar refractivity (Wildman–Crippen MR) is 98.9 cm³/mol. The molecule has 26 heavy (non-hydrogen) atoms. The molecule has 2 aromatic heterocycles. The number of aromatic nitrogens is 4. The molecular weight excluding hydrogens is 328 g/mol. The molecule has 0 atom stereocenters. The van der Waals surface area contributed by atoms with Gasteiger partial charge in [0.15, 0.2) is 0 Å². The van der Waals surface area contributed by atoms with Crippen molar-refractivity contribution in [3.63, 3.8) is 0 Å². The van der Waals surface area contributed by atoms with Crippen LogP contribution in [-0.2, 0) is 24.4 Å². The molecule has 0 amide bonds. The molecule has 0 saturated carbocycles. The van der Waals surface area contributed by atoms with Crippen molar-refractivity contribution in [2.45, 2.75) is 19.7 Å². The Labute approximate surface area is 152 Å². The minimum absolute atomic E-state index is 0.689. The maximum Gasteiger partial charge on any atom is 0.116 e. The van der Waals surface area contributed by atoms with E-state index in [1.54, 1.807) is 6.33 Å². The smallest absolute Gasteiger partial charge is 0.116 e. The average Bonchev–Trinajstić information content (AvgIpc) is 3.11. The molecule has 0 radical (unpaired) electrons. The van der Waals surface area contributed by atoms with Gasteiger partial charge in [-0.3, -0.25) is 9.58 Å². The summed E-state index contributed by atoms with van der Waals surface area (Å²) in [5.41, 5.74) is 4.80. The lowest BCUT2D eigenvalue weighted by Crippen LogP contribution is -2.46. The van der Waals surface area contributed by atoms with Gasteiger partial charge >= 0.3 is 0 Å².